The molecule has 1 saturated carbocycles. The molecule has 1 fully saturated rings. The lowest BCUT2D eigenvalue weighted by atomic mass is 10.1. The average molecular weight is 205 g/mol. The Morgan fingerprint density at radius 3 is 2.60 bits per heavy atom. The Bertz CT molecular complexity index is 397. The number of hydrogen-bond donors (Lipinski definition) is 1. The molecule has 1 aliphatic rings. The number of nitrogens with zero attached hydrogens (tertiary/aromatic N) is 1. The molecular weight excluding hydrogens is 190 g/mol. The van der Waals surface area contributed by atoms with Gasteiger partial charge in [-0.3, -0.25) is 4.79 Å². The maximum atomic E-state index is 11.1. The molecule has 0 aromatic heterocycles. The molecular formula is C12H15NO2. The van der Waals surface area contributed by atoms with Crippen molar-refractivity contribution in [2.24, 2.45) is 0 Å². The van der Waals surface area contributed by atoms with Gasteiger partial charge < -0.3 is 10.0 Å². The molecule has 15 heavy (non-hydrogen) atoms. The van der Waals surface area contributed by atoms with Crippen LogP contribution >= 0.6 is 0 Å². The SMILES string of the molecule is CC(=O)c1ccc(N(C)C2CC2)cc1O. The van der Waals surface area contributed by atoms with E-state index in [1.165, 1.54) is 19.8 Å². The number of aromatic hydroxyl groups is 1. The smallest absolute Gasteiger partial charge is 0.163 e. The molecule has 0 saturated heterocycles. The van der Waals surface area contributed by atoms with Crippen molar-refractivity contribution in [1.29, 1.82) is 0 Å². The van der Waals surface area contributed by atoms with E-state index in [-0.39, 0.29) is 11.5 Å². The third-order valence-corrected chi connectivity index (χ3v) is 2.86. The van der Waals surface area contributed by atoms with Crippen LogP contribution in [-0.4, -0.2) is 24.0 Å². The summed E-state index contributed by atoms with van der Waals surface area (Å²) in [5, 5.41) is 9.67. The van der Waals surface area contributed by atoms with Crippen molar-refractivity contribution in [3.05, 3.63) is 23.8 Å². The van der Waals surface area contributed by atoms with Gasteiger partial charge in [-0.25, -0.2) is 0 Å². The van der Waals surface area contributed by atoms with Gasteiger partial charge in [-0.05, 0) is 31.9 Å². The molecule has 2 rings (SSSR count). The molecule has 0 atom stereocenters. The van der Waals surface area contributed by atoms with E-state index in [0.717, 1.165) is 5.69 Å². The second-order valence-corrected chi connectivity index (χ2v) is 4.10. The fourth-order valence-electron chi connectivity index (χ4n) is 1.71. The largest absolute Gasteiger partial charge is 0.507 e. The first-order valence-electron chi connectivity index (χ1n) is 5.16. The standard InChI is InChI=1S/C12H15NO2/c1-8(14)11-6-5-10(7-12(11)15)13(2)9-3-4-9/h5-7,9,15H,3-4H2,1-2H3. The van der Waals surface area contributed by atoms with E-state index in [0.29, 0.717) is 11.6 Å². The fraction of sp³-hybridized carbons (Fsp3) is 0.417. The van der Waals surface area contributed by atoms with Crippen molar-refractivity contribution in [2.45, 2.75) is 25.8 Å². The average Bonchev–Trinajstić information content (AvgIpc) is 2.99. The van der Waals surface area contributed by atoms with E-state index in [1.807, 2.05) is 13.1 Å². The second kappa shape index (κ2) is 3.57. The van der Waals surface area contributed by atoms with E-state index in [2.05, 4.69) is 4.90 Å². The highest BCUT2D eigenvalue weighted by Crippen LogP contribution is 2.32. The highest BCUT2D eigenvalue weighted by atomic mass is 16.3. The van der Waals surface area contributed by atoms with Crippen molar-refractivity contribution < 1.29 is 9.90 Å². The summed E-state index contributed by atoms with van der Waals surface area (Å²) in [7, 11) is 2.01. The number of hydrogen-bond acceptors (Lipinski definition) is 3. The van der Waals surface area contributed by atoms with Crippen molar-refractivity contribution in [3.63, 3.8) is 0 Å². The number of rotatable bonds is 3. The quantitative estimate of drug-likeness (QED) is 0.769. The minimum atomic E-state index is -0.104. The number of phenolic OH excluding ortho intramolecular Hbond substituents is 1. The van der Waals surface area contributed by atoms with Crippen LogP contribution in [0.5, 0.6) is 5.75 Å². The number of phenols is 1. The van der Waals surface area contributed by atoms with E-state index < -0.39 is 0 Å². The van der Waals surface area contributed by atoms with Gasteiger partial charge in [0, 0.05) is 24.8 Å². The Balaban J connectivity index is 2.28. The van der Waals surface area contributed by atoms with Crippen LogP contribution < -0.4 is 4.90 Å². The zero-order chi connectivity index (χ0) is 11.0. The first-order chi connectivity index (χ1) is 7.09. The van der Waals surface area contributed by atoms with Crippen LogP contribution in [0.1, 0.15) is 30.1 Å². The van der Waals surface area contributed by atoms with Gasteiger partial charge in [0.15, 0.2) is 5.78 Å². The summed E-state index contributed by atoms with van der Waals surface area (Å²) >= 11 is 0. The van der Waals surface area contributed by atoms with Crippen molar-refractivity contribution >= 4 is 11.5 Å². The fourth-order valence-corrected chi connectivity index (χ4v) is 1.71. The third kappa shape index (κ3) is 1.96. The zero-order valence-corrected chi connectivity index (χ0v) is 9.03. The zero-order valence-electron chi connectivity index (χ0n) is 9.03. The predicted molar refractivity (Wildman–Crippen MR) is 59.5 cm³/mol. The molecule has 3 nitrogen and oxygen atoms in total. The summed E-state index contributed by atoms with van der Waals surface area (Å²) in [6.07, 6.45) is 2.43. The topological polar surface area (TPSA) is 40.5 Å². The van der Waals surface area contributed by atoms with Gasteiger partial charge >= 0.3 is 0 Å². The molecule has 1 aromatic rings. The highest BCUT2D eigenvalue weighted by molar-refractivity contribution is 5.97. The number of anilines is 1. The molecule has 0 bridgehead atoms. The number of Topliss-reactive ketones (excluding diaryl/α,β-unsaturated/α-hetero) is 1. The number of ketones is 1. The number of carbonyl (C=O) groups is 1. The van der Waals surface area contributed by atoms with Crippen LogP contribution in [-0.2, 0) is 0 Å². The van der Waals surface area contributed by atoms with Gasteiger partial charge in [0.1, 0.15) is 5.75 Å². The molecule has 3 heteroatoms. The van der Waals surface area contributed by atoms with Gasteiger partial charge in [0.05, 0.1) is 5.56 Å². The Morgan fingerprint density at radius 2 is 2.13 bits per heavy atom. The molecule has 0 spiro atoms. The van der Waals surface area contributed by atoms with Crippen LogP contribution in [0.25, 0.3) is 0 Å². The van der Waals surface area contributed by atoms with E-state index in [9.17, 15) is 9.90 Å². The Hall–Kier alpha value is -1.51. The van der Waals surface area contributed by atoms with Crippen LogP contribution in [0.15, 0.2) is 18.2 Å². The first kappa shape index (κ1) is 10.0. The lowest BCUT2D eigenvalue weighted by Gasteiger charge is -2.19. The highest BCUT2D eigenvalue weighted by Gasteiger charge is 2.26. The molecule has 0 radical (unpaired) electrons. The third-order valence-electron chi connectivity index (χ3n) is 2.86. The summed E-state index contributed by atoms with van der Waals surface area (Å²) in [4.78, 5) is 13.3. The molecule has 80 valence electrons. The van der Waals surface area contributed by atoms with Gasteiger partial charge in [-0.1, -0.05) is 0 Å². The lowest BCUT2D eigenvalue weighted by Crippen LogP contribution is -2.19. The van der Waals surface area contributed by atoms with Crippen molar-refractivity contribution in [3.8, 4) is 5.75 Å². The van der Waals surface area contributed by atoms with Gasteiger partial charge in [-0.2, -0.15) is 0 Å². The normalized spacial score (nSPS) is 15.1. The number of carbonyl (C=O) groups excluding carboxylic acids is 1. The summed E-state index contributed by atoms with van der Waals surface area (Å²) in [5.41, 5.74) is 1.36. The predicted octanol–water partition coefficient (Wildman–Crippen LogP) is 2.19. The number of benzene rings is 1. The van der Waals surface area contributed by atoms with Crippen molar-refractivity contribution in [1.82, 2.24) is 0 Å². The van der Waals surface area contributed by atoms with Gasteiger partial charge in [0.2, 0.25) is 0 Å². The summed E-state index contributed by atoms with van der Waals surface area (Å²) in [6, 6.07) is 5.84. The van der Waals surface area contributed by atoms with Crippen LogP contribution in [0, 0.1) is 0 Å². The molecule has 0 aliphatic heterocycles. The van der Waals surface area contributed by atoms with Crippen LogP contribution in [0.3, 0.4) is 0 Å². The Morgan fingerprint density at radius 1 is 1.47 bits per heavy atom. The van der Waals surface area contributed by atoms with Gasteiger partial charge in [-0.15, -0.1) is 0 Å². The maximum Gasteiger partial charge on any atom is 0.163 e. The van der Waals surface area contributed by atoms with Crippen molar-refractivity contribution in [2.75, 3.05) is 11.9 Å². The van der Waals surface area contributed by atoms with E-state index in [4.69, 9.17) is 0 Å². The summed E-state index contributed by atoms with van der Waals surface area (Å²) < 4.78 is 0. The molecule has 1 aliphatic carbocycles. The summed E-state index contributed by atoms with van der Waals surface area (Å²) in [6.45, 7) is 1.46. The first-order valence-corrected chi connectivity index (χ1v) is 5.16. The molecule has 0 unspecified atom stereocenters. The molecule has 1 N–H and O–H groups in total. The van der Waals surface area contributed by atoms with Gasteiger partial charge in [0.25, 0.3) is 0 Å². The van der Waals surface area contributed by atoms with E-state index >= 15 is 0 Å². The Kier molecular flexibility index (Phi) is 2.39. The molecule has 0 heterocycles. The maximum absolute atomic E-state index is 11.1. The molecule has 1 aromatic carbocycles. The second-order valence-electron chi connectivity index (χ2n) is 4.10. The Labute approximate surface area is 89.3 Å². The minimum absolute atomic E-state index is 0.0764. The van der Waals surface area contributed by atoms with E-state index in [1.54, 1.807) is 12.1 Å². The molecule has 0 amide bonds. The monoisotopic (exact) mass is 205 g/mol. The van der Waals surface area contributed by atoms with Crippen LogP contribution in [0.2, 0.25) is 0 Å². The van der Waals surface area contributed by atoms with Crippen LogP contribution in [0.4, 0.5) is 5.69 Å². The minimum Gasteiger partial charge on any atom is -0.507 e. The summed E-state index contributed by atoms with van der Waals surface area (Å²) in [5.74, 6) is -0.0272. The lowest BCUT2D eigenvalue weighted by molar-refractivity contribution is 0.101.